The lowest BCUT2D eigenvalue weighted by Gasteiger charge is -2.17. The molecule has 2 nitrogen and oxygen atoms in total. The molecule has 0 radical (unpaired) electrons. The summed E-state index contributed by atoms with van der Waals surface area (Å²) < 4.78 is 0.801. The van der Waals surface area contributed by atoms with Gasteiger partial charge in [-0.05, 0) is 30.7 Å². The maximum absolute atomic E-state index is 5.63. The van der Waals surface area contributed by atoms with Crippen molar-refractivity contribution in [2.24, 2.45) is 0 Å². The zero-order valence-electron chi connectivity index (χ0n) is 7.41. The number of nitrogens with two attached hydrogens (primary N) is 1. The molecular weight excluding hydrogens is 275 g/mol. The lowest BCUT2D eigenvalue weighted by molar-refractivity contribution is 0.968. The van der Waals surface area contributed by atoms with E-state index in [4.69, 9.17) is 5.73 Å². The van der Waals surface area contributed by atoms with Gasteiger partial charge >= 0.3 is 0 Å². The maximum Gasteiger partial charge on any atom is 0.0368 e. The second-order valence-corrected chi connectivity index (χ2v) is 5.19. The maximum atomic E-state index is 5.63. The molecule has 1 saturated heterocycles. The minimum absolute atomic E-state index is 0.801. The minimum atomic E-state index is 0.801. The van der Waals surface area contributed by atoms with Crippen LogP contribution in [0.25, 0.3) is 0 Å². The fourth-order valence-electron chi connectivity index (χ4n) is 1.64. The number of nitrogens with zero attached hydrogens (tertiary/aromatic N) is 1. The largest absolute Gasteiger partial charge is 0.399 e. The monoisotopic (exact) mass is 288 g/mol. The highest BCUT2D eigenvalue weighted by Gasteiger charge is 2.19. The molecular formula is C10H13IN2. The Hall–Kier alpha value is -0.450. The van der Waals surface area contributed by atoms with Crippen LogP contribution in [0.3, 0.4) is 0 Å². The minimum Gasteiger partial charge on any atom is -0.399 e. The van der Waals surface area contributed by atoms with Crippen LogP contribution >= 0.6 is 22.6 Å². The van der Waals surface area contributed by atoms with Crippen molar-refractivity contribution >= 4 is 34.0 Å². The number of benzene rings is 1. The number of anilines is 2. The van der Waals surface area contributed by atoms with Gasteiger partial charge < -0.3 is 10.6 Å². The van der Waals surface area contributed by atoms with Gasteiger partial charge in [-0.2, -0.15) is 0 Å². The Morgan fingerprint density at radius 3 is 2.54 bits per heavy atom. The molecule has 1 aliphatic heterocycles. The summed E-state index contributed by atoms with van der Waals surface area (Å²) in [6, 6.07) is 8.14. The van der Waals surface area contributed by atoms with Gasteiger partial charge in [-0.1, -0.05) is 22.6 Å². The van der Waals surface area contributed by atoms with Crippen LogP contribution in [0.1, 0.15) is 6.42 Å². The normalized spacial score (nSPS) is 22.2. The van der Waals surface area contributed by atoms with E-state index in [-0.39, 0.29) is 0 Å². The molecule has 1 aliphatic rings. The van der Waals surface area contributed by atoms with Crippen molar-refractivity contribution in [3.8, 4) is 0 Å². The predicted octanol–water partition coefficient (Wildman–Crippen LogP) is 2.28. The Morgan fingerprint density at radius 2 is 2.00 bits per heavy atom. The third-order valence-electron chi connectivity index (χ3n) is 2.39. The van der Waals surface area contributed by atoms with Gasteiger partial charge in [0.15, 0.2) is 0 Å². The van der Waals surface area contributed by atoms with Gasteiger partial charge in [-0.15, -0.1) is 0 Å². The molecule has 0 spiro atoms. The summed E-state index contributed by atoms with van der Waals surface area (Å²) in [5.74, 6) is 0. The van der Waals surface area contributed by atoms with E-state index in [2.05, 4.69) is 39.6 Å². The SMILES string of the molecule is Nc1ccc(N2CCC(I)C2)cc1. The number of alkyl halides is 1. The number of hydrogen-bond donors (Lipinski definition) is 1. The lowest BCUT2D eigenvalue weighted by Crippen LogP contribution is -2.19. The topological polar surface area (TPSA) is 29.3 Å². The van der Waals surface area contributed by atoms with Crippen molar-refractivity contribution in [3.05, 3.63) is 24.3 Å². The molecule has 1 heterocycles. The first-order valence-electron chi connectivity index (χ1n) is 4.50. The summed E-state index contributed by atoms with van der Waals surface area (Å²) in [6.07, 6.45) is 1.30. The molecule has 1 unspecified atom stereocenters. The molecule has 1 aromatic rings. The smallest absolute Gasteiger partial charge is 0.0368 e. The number of nitrogen functional groups attached to an aromatic ring is 1. The van der Waals surface area contributed by atoms with E-state index < -0.39 is 0 Å². The van der Waals surface area contributed by atoms with Crippen LogP contribution in [0.2, 0.25) is 0 Å². The van der Waals surface area contributed by atoms with Crippen LogP contribution < -0.4 is 10.6 Å². The van der Waals surface area contributed by atoms with E-state index in [1.807, 2.05) is 12.1 Å². The van der Waals surface area contributed by atoms with Crippen LogP contribution in [0, 0.1) is 0 Å². The Bertz CT molecular complexity index is 283. The summed E-state index contributed by atoms with van der Waals surface area (Å²) in [7, 11) is 0. The van der Waals surface area contributed by atoms with E-state index in [0.29, 0.717) is 0 Å². The quantitative estimate of drug-likeness (QED) is 0.488. The average molecular weight is 288 g/mol. The zero-order valence-corrected chi connectivity index (χ0v) is 9.57. The third-order valence-corrected chi connectivity index (χ3v) is 3.41. The Morgan fingerprint density at radius 1 is 1.31 bits per heavy atom. The van der Waals surface area contributed by atoms with Gasteiger partial charge in [0.25, 0.3) is 0 Å². The number of halogens is 1. The van der Waals surface area contributed by atoms with Crippen molar-refractivity contribution < 1.29 is 0 Å². The molecule has 2 rings (SSSR count). The molecule has 1 aromatic carbocycles. The highest BCUT2D eigenvalue weighted by Crippen LogP contribution is 2.24. The van der Waals surface area contributed by atoms with E-state index >= 15 is 0 Å². The fourth-order valence-corrected chi connectivity index (χ4v) is 2.39. The van der Waals surface area contributed by atoms with Crippen LogP contribution in [0.15, 0.2) is 24.3 Å². The average Bonchev–Trinajstić information content (AvgIpc) is 2.53. The van der Waals surface area contributed by atoms with Crippen molar-refractivity contribution in [1.82, 2.24) is 0 Å². The Balaban J connectivity index is 2.13. The predicted molar refractivity (Wildman–Crippen MR) is 65.5 cm³/mol. The van der Waals surface area contributed by atoms with Gasteiger partial charge in [0, 0.05) is 28.4 Å². The van der Waals surface area contributed by atoms with Gasteiger partial charge in [0.1, 0.15) is 0 Å². The van der Waals surface area contributed by atoms with Crippen LogP contribution in [0.4, 0.5) is 11.4 Å². The Labute approximate surface area is 92.2 Å². The van der Waals surface area contributed by atoms with Gasteiger partial charge in [-0.3, -0.25) is 0 Å². The Kier molecular flexibility index (Phi) is 2.62. The first kappa shape index (κ1) is 9.12. The molecule has 3 heteroatoms. The van der Waals surface area contributed by atoms with Gasteiger partial charge in [0.05, 0.1) is 0 Å². The molecule has 13 heavy (non-hydrogen) atoms. The molecule has 0 aromatic heterocycles. The second-order valence-electron chi connectivity index (χ2n) is 3.42. The third kappa shape index (κ3) is 2.07. The van der Waals surface area contributed by atoms with Crippen LogP contribution in [-0.2, 0) is 0 Å². The molecule has 0 saturated carbocycles. The number of rotatable bonds is 1. The summed E-state index contributed by atoms with van der Waals surface area (Å²) >= 11 is 2.51. The molecule has 0 amide bonds. The standard InChI is InChI=1S/C10H13IN2/c11-8-5-6-13(7-8)10-3-1-9(12)2-4-10/h1-4,8H,5-7,12H2. The molecule has 0 bridgehead atoms. The first-order chi connectivity index (χ1) is 6.25. The fraction of sp³-hybridized carbons (Fsp3) is 0.400. The summed E-state index contributed by atoms with van der Waals surface area (Å²) in [5, 5.41) is 0. The van der Waals surface area contributed by atoms with E-state index in [0.717, 1.165) is 9.61 Å². The second kappa shape index (κ2) is 3.74. The summed E-state index contributed by atoms with van der Waals surface area (Å²) in [5.41, 5.74) is 7.77. The molecule has 1 atom stereocenters. The van der Waals surface area contributed by atoms with Crippen molar-refractivity contribution in [1.29, 1.82) is 0 Å². The highest BCUT2D eigenvalue weighted by molar-refractivity contribution is 14.1. The van der Waals surface area contributed by atoms with Crippen LogP contribution in [-0.4, -0.2) is 17.0 Å². The molecule has 1 fully saturated rings. The van der Waals surface area contributed by atoms with E-state index in [1.165, 1.54) is 25.2 Å². The highest BCUT2D eigenvalue weighted by atomic mass is 127. The molecule has 0 aliphatic carbocycles. The van der Waals surface area contributed by atoms with E-state index in [1.54, 1.807) is 0 Å². The van der Waals surface area contributed by atoms with Gasteiger partial charge in [0.2, 0.25) is 0 Å². The van der Waals surface area contributed by atoms with Gasteiger partial charge in [-0.25, -0.2) is 0 Å². The van der Waals surface area contributed by atoms with E-state index in [9.17, 15) is 0 Å². The van der Waals surface area contributed by atoms with Crippen LogP contribution in [0.5, 0.6) is 0 Å². The number of hydrogen-bond acceptors (Lipinski definition) is 2. The molecule has 2 N–H and O–H groups in total. The lowest BCUT2D eigenvalue weighted by atomic mass is 10.2. The van der Waals surface area contributed by atoms with Crippen molar-refractivity contribution in [2.75, 3.05) is 23.7 Å². The molecule has 70 valence electrons. The summed E-state index contributed by atoms with van der Waals surface area (Å²) in [6.45, 7) is 2.35. The van der Waals surface area contributed by atoms with Crippen molar-refractivity contribution in [2.45, 2.75) is 10.3 Å². The first-order valence-corrected chi connectivity index (χ1v) is 5.75. The van der Waals surface area contributed by atoms with Crippen molar-refractivity contribution in [3.63, 3.8) is 0 Å². The zero-order chi connectivity index (χ0) is 9.26. The summed E-state index contributed by atoms with van der Waals surface area (Å²) in [4.78, 5) is 2.41.